The second-order valence-electron chi connectivity index (χ2n) is 4.10. The van der Waals surface area contributed by atoms with Crippen molar-refractivity contribution in [2.75, 3.05) is 13.2 Å². The molecule has 0 aliphatic heterocycles. The molecule has 0 aromatic heterocycles. The van der Waals surface area contributed by atoms with Crippen LogP contribution in [0, 0.1) is 17.5 Å². The number of hydrogen-bond acceptors (Lipinski definition) is 3. The summed E-state index contributed by atoms with van der Waals surface area (Å²) in [5, 5.41) is 0. The number of rotatable bonds is 7. The molecule has 120 valence electrons. The topological polar surface area (TPSA) is 27.7 Å². The van der Waals surface area contributed by atoms with Crippen molar-refractivity contribution in [1.82, 2.24) is 0 Å². The van der Waals surface area contributed by atoms with Crippen molar-refractivity contribution in [2.45, 2.75) is 26.1 Å². The van der Waals surface area contributed by atoms with E-state index in [0.717, 1.165) is 6.55 Å². The standard InChI is InChI=1S/C12H15F5O3Si/c1-4-18-21(3,19-5-2)12(16,17)20-9-7-6-8(13)10(14)11(9)15/h6-7H,4-5H2,1-3H3. The van der Waals surface area contributed by atoms with Gasteiger partial charge in [0.15, 0.2) is 17.4 Å². The fraction of sp³-hybridized carbons (Fsp3) is 0.500. The smallest absolute Gasteiger partial charge is 0.429 e. The predicted octanol–water partition coefficient (Wildman–Crippen LogP) is 3.76. The van der Waals surface area contributed by atoms with Gasteiger partial charge in [-0.3, -0.25) is 0 Å². The Kier molecular flexibility index (Phi) is 5.71. The third-order valence-electron chi connectivity index (χ3n) is 2.61. The van der Waals surface area contributed by atoms with Crippen LogP contribution in [0.2, 0.25) is 6.55 Å². The molecule has 0 N–H and O–H groups in total. The molecule has 0 saturated heterocycles. The van der Waals surface area contributed by atoms with Crippen molar-refractivity contribution in [3.05, 3.63) is 29.6 Å². The lowest BCUT2D eigenvalue weighted by Gasteiger charge is -2.32. The maximum atomic E-state index is 14.2. The van der Waals surface area contributed by atoms with Crippen LogP contribution in [0.3, 0.4) is 0 Å². The fourth-order valence-electron chi connectivity index (χ4n) is 1.58. The maximum absolute atomic E-state index is 14.2. The van der Waals surface area contributed by atoms with Crippen molar-refractivity contribution >= 4 is 8.56 Å². The molecule has 0 bridgehead atoms. The van der Waals surface area contributed by atoms with Gasteiger partial charge in [-0.05, 0) is 32.5 Å². The van der Waals surface area contributed by atoms with Crippen LogP contribution in [0.25, 0.3) is 0 Å². The molecular formula is C12H15F5O3Si. The van der Waals surface area contributed by atoms with Gasteiger partial charge >= 0.3 is 14.3 Å². The van der Waals surface area contributed by atoms with E-state index >= 15 is 0 Å². The quantitative estimate of drug-likeness (QED) is 0.433. The van der Waals surface area contributed by atoms with E-state index in [2.05, 4.69) is 4.74 Å². The summed E-state index contributed by atoms with van der Waals surface area (Å²) in [6.07, 6.45) is 0. The molecule has 0 unspecified atom stereocenters. The van der Waals surface area contributed by atoms with Gasteiger partial charge in [0.1, 0.15) is 0 Å². The Morgan fingerprint density at radius 3 is 2.00 bits per heavy atom. The van der Waals surface area contributed by atoms with Gasteiger partial charge in [0.25, 0.3) is 0 Å². The van der Waals surface area contributed by atoms with Crippen LogP contribution < -0.4 is 4.74 Å². The van der Waals surface area contributed by atoms with Crippen LogP contribution in [-0.2, 0) is 8.85 Å². The summed E-state index contributed by atoms with van der Waals surface area (Å²) in [6, 6.07) is 1.07. The average molecular weight is 330 g/mol. The van der Waals surface area contributed by atoms with Crippen LogP contribution >= 0.6 is 0 Å². The monoisotopic (exact) mass is 330 g/mol. The first-order valence-electron chi connectivity index (χ1n) is 6.16. The number of halogens is 5. The molecule has 0 radical (unpaired) electrons. The molecule has 0 saturated carbocycles. The second-order valence-corrected chi connectivity index (χ2v) is 7.15. The Labute approximate surface area is 119 Å². The van der Waals surface area contributed by atoms with Crippen molar-refractivity contribution < 1.29 is 35.5 Å². The number of ether oxygens (including phenoxy) is 1. The lowest BCUT2D eigenvalue weighted by molar-refractivity contribution is -0.143. The summed E-state index contributed by atoms with van der Waals surface area (Å²) in [7, 11) is -4.15. The van der Waals surface area contributed by atoms with Gasteiger partial charge < -0.3 is 13.6 Å². The molecule has 3 nitrogen and oxygen atoms in total. The zero-order valence-electron chi connectivity index (χ0n) is 11.7. The van der Waals surface area contributed by atoms with Gasteiger partial charge in [0, 0.05) is 13.2 Å². The molecule has 1 aromatic rings. The first-order chi connectivity index (χ1) is 9.68. The van der Waals surface area contributed by atoms with E-state index in [1.807, 2.05) is 0 Å². The molecule has 0 aliphatic rings. The Morgan fingerprint density at radius 2 is 1.52 bits per heavy atom. The minimum atomic E-state index is -4.15. The highest BCUT2D eigenvalue weighted by Crippen LogP contribution is 2.34. The van der Waals surface area contributed by atoms with E-state index in [-0.39, 0.29) is 13.2 Å². The molecule has 0 fully saturated rings. The molecular weight excluding hydrogens is 315 g/mol. The first-order valence-corrected chi connectivity index (χ1v) is 8.48. The third-order valence-corrected chi connectivity index (χ3v) is 5.44. The predicted molar refractivity (Wildman–Crippen MR) is 66.8 cm³/mol. The highest BCUT2D eigenvalue weighted by molar-refractivity contribution is 6.68. The molecule has 0 heterocycles. The number of hydrogen-bond donors (Lipinski definition) is 0. The summed E-state index contributed by atoms with van der Waals surface area (Å²) >= 11 is 0. The van der Waals surface area contributed by atoms with E-state index in [1.165, 1.54) is 13.8 Å². The minimum Gasteiger partial charge on any atom is -0.429 e. The number of alkyl halides is 2. The lowest BCUT2D eigenvalue weighted by atomic mass is 10.3. The first kappa shape index (κ1) is 17.9. The maximum Gasteiger partial charge on any atom is 0.466 e. The molecule has 21 heavy (non-hydrogen) atoms. The van der Waals surface area contributed by atoms with Gasteiger partial charge in [0.05, 0.1) is 0 Å². The number of benzene rings is 1. The molecule has 1 rings (SSSR count). The van der Waals surface area contributed by atoms with Gasteiger partial charge in [-0.15, -0.1) is 0 Å². The van der Waals surface area contributed by atoms with E-state index in [1.54, 1.807) is 0 Å². The Balaban J connectivity index is 3.11. The van der Waals surface area contributed by atoms with Crippen molar-refractivity contribution in [3.63, 3.8) is 0 Å². The SMILES string of the molecule is CCO[Si](C)(OCC)C(F)(F)Oc1ccc(F)c(F)c1F. The van der Waals surface area contributed by atoms with Crippen LogP contribution in [0.5, 0.6) is 5.75 Å². The average Bonchev–Trinajstić information content (AvgIpc) is 2.40. The van der Waals surface area contributed by atoms with Crippen LogP contribution in [0.15, 0.2) is 12.1 Å². The summed E-state index contributed by atoms with van der Waals surface area (Å²) in [4.78, 5) is 0. The molecule has 0 amide bonds. The van der Waals surface area contributed by atoms with Gasteiger partial charge in [-0.1, -0.05) is 0 Å². The highest BCUT2D eigenvalue weighted by atomic mass is 28.4. The van der Waals surface area contributed by atoms with Crippen molar-refractivity contribution in [2.24, 2.45) is 0 Å². The fourth-order valence-corrected chi connectivity index (χ4v) is 3.39. The molecule has 1 aromatic carbocycles. The Morgan fingerprint density at radius 1 is 1.00 bits per heavy atom. The summed E-state index contributed by atoms with van der Waals surface area (Å²) in [5.74, 6) is -6.34. The van der Waals surface area contributed by atoms with Crippen molar-refractivity contribution in [1.29, 1.82) is 0 Å². The zero-order chi connectivity index (χ0) is 16.3. The van der Waals surface area contributed by atoms with E-state index in [9.17, 15) is 22.0 Å². The largest absolute Gasteiger partial charge is 0.466 e. The Bertz CT molecular complexity index is 492. The van der Waals surface area contributed by atoms with E-state index in [4.69, 9.17) is 8.85 Å². The van der Waals surface area contributed by atoms with Crippen molar-refractivity contribution in [3.8, 4) is 5.75 Å². The zero-order valence-corrected chi connectivity index (χ0v) is 12.7. The van der Waals surface area contributed by atoms with E-state index < -0.39 is 37.5 Å². The van der Waals surface area contributed by atoms with Crippen LogP contribution in [0.1, 0.15) is 13.8 Å². The molecule has 0 atom stereocenters. The minimum absolute atomic E-state index is 0.0675. The van der Waals surface area contributed by atoms with Gasteiger partial charge in [-0.2, -0.15) is 13.2 Å². The highest BCUT2D eigenvalue weighted by Gasteiger charge is 2.61. The van der Waals surface area contributed by atoms with E-state index in [0.29, 0.717) is 12.1 Å². The van der Waals surface area contributed by atoms with Crippen LogP contribution in [-0.4, -0.2) is 27.5 Å². The van der Waals surface area contributed by atoms with Gasteiger partial charge in [0.2, 0.25) is 5.82 Å². The normalized spacial score (nSPS) is 12.6. The second kappa shape index (κ2) is 6.71. The Hall–Kier alpha value is -1.19. The molecule has 0 spiro atoms. The third kappa shape index (κ3) is 3.72. The molecule has 0 aliphatic carbocycles. The summed E-state index contributed by atoms with van der Waals surface area (Å²) in [6.45, 7) is 3.87. The summed E-state index contributed by atoms with van der Waals surface area (Å²) in [5.41, 5.74) is -4.00. The summed E-state index contributed by atoms with van der Waals surface area (Å²) < 4.78 is 81.7. The molecule has 9 heteroatoms. The lowest BCUT2D eigenvalue weighted by Crippen LogP contribution is -2.59. The van der Waals surface area contributed by atoms with Gasteiger partial charge in [-0.25, -0.2) is 8.78 Å². The van der Waals surface area contributed by atoms with Crippen LogP contribution in [0.4, 0.5) is 22.0 Å².